The van der Waals surface area contributed by atoms with Crippen molar-refractivity contribution >= 4 is 34.5 Å². The molecule has 0 bridgehead atoms. The Hall–Kier alpha value is -1.47. The van der Waals surface area contributed by atoms with E-state index in [1.165, 1.54) is 17.5 Å². The summed E-state index contributed by atoms with van der Waals surface area (Å²) in [7, 11) is 0. The Balaban J connectivity index is 2.24. The molecule has 2 rings (SSSR count). The van der Waals surface area contributed by atoms with Crippen molar-refractivity contribution in [3.8, 4) is 10.7 Å². The third kappa shape index (κ3) is 2.20. The van der Waals surface area contributed by atoms with Crippen LogP contribution in [-0.4, -0.2) is 26.7 Å². The van der Waals surface area contributed by atoms with Gasteiger partial charge in [0.2, 0.25) is 0 Å². The maximum absolute atomic E-state index is 12.5. The summed E-state index contributed by atoms with van der Waals surface area (Å²) < 4.78 is 12.5. The summed E-state index contributed by atoms with van der Waals surface area (Å²) in [5, 5.41) is 11.2. The standard InChI is InChI=1S/C8H6ClFN4OS/c9-6(10)7(15)13-4-3-12-14-5(4)8-11-1-2-16-8/h1-3,6H,(H,12,14)(H,13,15). The fourth-order valence-corrected chi connectivity index (χ4v) is 1.78. The molecular weight excluding hydrogens is 255 g/mol. The van der Waals surface area contributed by atoms with Gasteiger partial charge in [0.05, 0.1) is 11.9 Å². The van der Waals surface area contributed by atoms with Crippen molar-refractivity contribution < 1.29 is 9.18 Å². The van der Waals surface area contributed by atoms with Gasteiger partial charge in [0, 0.05) is 11.6 Å². The lowest BCUT2D eigenvalue weighted by molar-refractivity contribution is -0.118. The molecule has 16 heavy (non-hydrogen) atoms. The van der Waals surface area contributed by atoms with Crippen molar-refractivity contribution in [1.29, 1.82) is 0 Å². The topological polar surface area (TPSA) is 70.7 Å². The summed E-state index contributed by atoms with van der Waals surface area (Å²) in [4.78, 5) is 15.1. The first-order valence-corrected chi connectivity index (χ1v) is 5.52. The van der Waals surface area contributed by atoms with Gasteiger partial charge in [0.15, 0.2) is 0 Å². The van der Waals surface area contributed by atoms with Gasteiger partial charge >= 0.3 is 0 Å². The maximum Gasteiger partial charge on any atom is 0.274 e. The number of carbonyl (C=O) groups is 1. The van der Waals surface area contributed by atoms with Gasteiger partial charge < -0.3 is 5.32 Å². The second-order valence-corrected chi connectivity index (χ2v) is 4.06. The van der Waals surface area contributed by atoms with Crippen LogP contribution >= 0.6 is 22.9 Å². The summed E-state index contributed by atoms with van der Waals surface area (Å²) in [5.74, 6) is -0.930. The number of amides is 1. The summed E-state index contributed by atoms with van der Waals surface area (Å²) in [6.45, 7) is 0. The zero-order valence-electron chi connectivity index (χ0n) is 7.78. The van der Waals surface area contributed by atoms with Crippen LogP contribution in [0.25, 0.3) is 10.7 Å². The fraction of sp³-hybridized carbons (Fsp3) is 0.125. The number of halogens is 2. The Morgan fingerprint density at radius 3 is 3.12 bits per heavy atom. The first-order valence-electron chi connectivity index (χ1n) is 4.20. The molecule has 5 nitrogen and oxygen atoms in total. The molecule has 0 radical (unpaired) electrons. The molecule has 2 heterocycles. The molecule has 8 heteroatoms. The van der Waals surface area contributed by atoms with Crippen LogP contribution in [0.1, 0.15) is 0 Å². The van der Waals surface area contributed by atoms with Gasteiger partial charge in [0.25, 0.3) is 11.5 Å². The molecule has 0 aliphatic heterocycles. The molecule has 2 N–H and O–H groups in total. The van der Waals surface area contributed by atoms with E-state index in [1.807, 2.05) is 0 Å². The molecule has 2 aromatic heterocycles. The maximum atomic E-state index is 12.5. The molecule has 84 valence electrons. The number of aromatic amines is 1. The third-order valence-electron chi connectivity index (χ3n) is 1.74. The highest BCUT2D eigenvalue weighted by Crippen LogP contribution is 2.27. The summed E-state index contributed by atoms with van der Waals surface area (Å²) in [6, 6.07) is 0. The van der Waals surface area contributed by atoms with Crippen LogP contribution in [0.15, 0.2) is 17.8 Å². The number of nitrogens with zero attached hydrogens (tertiary/aromatic N) is 2. The van der Waals surface area contributed by atoms with Crippen molar-refractivity contribution in [2.45, 2.75) is 5.63 Å². The van der Waals surface area contributed by atoms with E-state index >= 15 is 0 Å². The Morgan fingerprint density at radius 2 is 2.50 bits per heavy atom. The second kappa shape index (κ2) is 4.58. The SMILES string of the molecule is O=C(Nc1cn[nH]c1-c1nccs1)C(F)Cl. The van der Waals surface area contributed by atoms with E-state index in [-0.39, 0.29) is 0 Å². The molecule has 0 spiro atoms. The highest BCUT2D eigenvalue weighted by Gasteiger charge is 2.17. The van der Waals surface area contributed by atoms with Gasteiger partial charge in [-0.25, -0.2) is 9.37 Å². The number of hydrogen-bond acceptors (Lipinski definition) is 4. The van der Waals surface area contributed by atoms with Crippen LogP contribution in [0.3, 0.4) is 0 Å². The number of thiazole rings is 1. The highest BCUT2D eigenvalue weighted by molar-refractivity contribution is 7.13. The quantitative estimate of drug-likeness (QED) is 0.830. The van der Waals surface area contributed by atoms with Gasteiger partial charge in [-0.15, -0.1) is 11.3 Å². The summed E-state index contributed by atoms with van der Waals surface area (Å²) in [6.07, 6.45) is 2.99. The van der Waals surface area contributed by atoms with E-state index in [0.29, 0.717) is 16.4 Å². The molecule has 0 aliphatic rings. The summed E-state index contributed by atoms with van der Waals surface area (Å²) >= 11 is 6.37. The molecule has 0 saturated carbocycles. The number of nitrogens with one attached hydrogen (secondary N) is 2. The first kappa shape index (κ1) is 11.0. The Labute approximate surface area is 98.7 Å². The van der Waals surface area contributed by atoms with Gasteiger partial charge in [-0.2, -0.15) is 5.10 Å². The van der Waals surface area contributed by atoms with E-state index in [2.05, 4.69) is 20.5 Å². The van der Waals surface area contributed by atoms with Crippen molar-refractivity contribution in [2.75, 3.05) is 5.32 Å². The van der Waals surface area contributed by atoms with Gasteiger partial charge in [-0.05, 0) is 0 Å². The van der Waals surface area contributed by atoms with E-state index in [1.54, 1.807) is 11.6 Å². The predicted octanol–water partition coefficient (Wildman–Crippen LogP) is 2.01. The molecular formula is C8H6ClFN4OS. The average molecular weight is 261 g/mol. The smallest absolute Gasteiger partial charge is 0.274 e. The Morgan fingerprint density at radius 1 is 1.69 bits per heavy atom. The monoisotopic (exact) mass is 260 g/mol. The first-order chi connectivity index (χ1) is 7.68. The zero-order chi connectivity index (χ0) is 11.5. The number of aromatic nitrogens is 3. The van der Waals surface area contributed by atoms with Gasteiger partial charge in [-0.3, -0.25) is 9.89 Å². The van der Waals surface area contributed by atoms with Gasteiger partial charge in [-0.1, -0.05) is 11.6 Å². The number of anilines is 1. The van der Waals surface area contributed by atoms with Crippen LogP contribution < -0.4 is 5.32 Å². The largest absolute Gasteiger partial charge is 0.319 e. The van der Waals surface area contributed by atoms with Crippen molar-refractivity contribution in [3.05, 3.63) is 17.8 Å². The third-order valence-corrected chi connectivity index (χ3v) is 2.73. The normalized spacial score (nSPS) is 12.4. The molecule has 1 unspecified atom stereocenters. The molecule has 0 aliphatic carbocycles. The minimum atomic E-state index is -2.08. The lowest BCUT2D eigenvalue weighted by Crippen LogP contribution is -2.19. The van der Waals surface area contributed by atoms with E-state index < -0.39 is 11.5 Å². The molecule has 2 aromatic rings. The van der Waals surface area contributed by atoms with Crippen LogP contribution in [0, 0.1) is 0 Å². The predicted molar refractivity (Wildman–Crippen MR) is 59.1 cm³/mol. The van der Waals surface area contributed by atoms with Crippen LogP contribution in [-0.2, 0) is 4.79 Å². The molecule has 0 aromatic carbocycles. The second-order valence-electron chi connectivity index (χ2n) is 2.79. The highest BCUT2D eigenvalue weighted by atomic mass is 35.5. The molecule has 1 atom stereocenters. The Kier molecular flexibility index (Phi) is 3.16. The Bertz CT molecular complexity index is 484. The zero-order valence-corrected chi connectivity index (χ0v) is 9.35. The number of H-pyrrole nitrogens is 1. The van der Waals surface area contributed by atoms with Crippen molar-refractivity contribution in [1.82, 2.24) is 15.2 Å². The van der Waals surface area contributed by atoms with Crippen LogP contribution in [0.2, 0.25) is 0 Å². The number of carbonyl (C=O) groups excluding carboxylic acids is 1. The summed E-state index contributed by atoms with van der Waals surface area (Å²) in [5.41, 5.74) is -1.21. The lowest BCUT2D eigenvalue weighted by atomic mass is 10.3. The van der Waals surface area contributed by atoms with Gasteiger partial charge in [0.1, 0.15) is 10.7 Å². The van der Waals surface area contributed by atoms with E-state index in [4.69, 9.17) is 11.6 Å². The lowest BCUT2D eigenvalue weighted by Gasteiger charge is -2.03. The number of hydrogen-bond donors (Lipinski definition) is 2. The number of rotatable bonds is 3. The molecule has 0 saturated heterocycles. The molecule has 0 fully saturated rings. The minimum absolute atomic E-state index is 0.350. The van der Waals surface area contributed by atoms with Crippen molar-refractivity contribution in [3.63, 3.8) is 0 Å². The van der Waals surface area contributed by atoms with E-state index in [0.717, 1.165) is 0 Å². The van der Waals surface area contributed by atoms with E-state index in [9.17, 15) is 9.18 Å². The van der Waals surface area contributed by atoms with Crippen molar-refractivity contribution in [2.24, 2.45) is 0 Å². The number of alkyl halides is 2. The minimum Gasteiger partial charge on any atom is -0.319 e. The van der Waals surface area contributed by atoms with Crippen LogP contribution in [0.5, 0.6) is 0 Å². The van der Waals surface area contributed by atoms with Crippen LogP contribution in [0.4, 0.5) is 10.1 Å². The fourth-order valence-electron chi connectivity index (χ4n) is 1.08. The molecule has 1 amide bonds. The average Bonchev–Trinajstić information content (AvgIpc) is 2.85.